The molecule has 2 rings (SSSR count). The van der Waals surface area contributed by atoms with Crippen molar-refractivity contribution in [2.24, 2.45) is 0 Å². The summed E-state index contributed by atoms with van der Waals surface area (Å²) in [7, 11) is 0. The van der Waals surface area contributed by atoms with E-state index in [1.165, 1.54) is 4.88 Å². The number of rotatable bonds is 5. The average Bonchev–Trinajstić information content (AvgIpc) is 2.78. The van der Waals surface area contributed by atoms with Crippen LogP contribution in [0.15, 0.2) is 34.1 Å². The molecule has 0 saturated carbocycles. The van der Waals surface area contributed by atoms with Gasteiger partial charge in [-0.15, -0.1) is 11.3 Å². The van der Waals surface area contributed by atoms with Crippen molar-refractivity contribution in [1.29, 1.82) is 0 Å². The van der Waals surface area contributed by atoms with Crippen molar-refractivity contribution in [3.63, 3.8) is 0 Å². The van der Waals surface area contributed by atoms with Gasteiger partial charge in [0.25, 0.3) is 0 Å². The zero-order chi connectivity index (χ0) is 13.8. The van der Waals surface area contributed by atoms with Crippen LogP contribution in [0.1, 0.15) is 29.0 Å². The van der Waals surface area contributed by atoms with Gasteiger partial charge in [-0.25, -0.2) is 4.39 Å². The number of likely N-dealkylation sites (N-methyl/N-ethyl adjacent to an activating group) is 1. The molecule has 0 fully saturated rings. The molecule has 1 heterocycles. The van der Waals surface area contributed by atoms with Gasteiger partial charge in [0.1, 0.15) is 5.82 Å². The van der Waals surface area contributed by atoms with E-state index >= 15 is 0 Å². The van der Waals surface area contributed by atoms with E-state index < -0.39 is 0 Å². The molecular weight excluding hydrogens is 325 g/mol. The molecule has 0 radical (unpaired) electrons. The van der Waals surface area contributed by atoms with Crippen LogP contribution >= 0.6 is 27.3 Å². The van der Waals surface area contributed by atoms with Crippen molar-refractivity contribution in [2.75, 3.05) is 6.54 Å². The van der Waals surface area contributed by atoms with Gasteiger partial charge in [-0.3, -0.25) is 0 Å². The molecule has 0 aliphatic heterocycles. The van der Waals surface area contributed by atoms with Gasteiger partial charge >= 0.3 is 0 Å². The third-order valence-electron chi connectivity index (χ3n) is 3.08. The zero-order valence-electron chi connectivity index (χ0n) is 11.0. The van der Waals surface area contributed by atoms with Crippen LogP contribution in [0.3, 0.4) is 0 Å². The number of thiophene rings is 1. The number of aryl methyl sites for hydroxylation is 1. The summed E-state index contributed by atoms with van der Waals surface area (Å²) in [5.41, 5.74) is 1.70. The smallest absolute Gasteiger partial charge is 0.126 e. The van der Waals surface area contributed by atoms with Gasteiger partial charge in [0.15, 0.2) is 0 Å². The van der Waals surface area contributed by atoms with E-state index in [0.717, 1.165) is 22.3 Å². The van der Waals surface area contributed by atoms with E-state index in [9.17, 15) is 4.39 Å². The summed E-state index contributed by atoms with van der Waals surface area (Å²) in [6, 6.07) is 9.83. The quantitative estimate of drug-likeness (QED) is 0.819. The van der Waals surface area contributed by atoms with E-state index in [1.54, 1.807) is 24.3 Å². The predicted octanol–water partition coefficient (Wildman–Crippen LogP) is 4.85. The first-order chi connectivity index (χ1) is 9.10. The molecule has 4 heteroatoms. The largest absolute Gasteiger partial charge is 0.310 e. The number of hydrogen-bond donors (Lipinski definition) is 1. The minimum absolute atomic E-state index is 0.132. The van der Waals surface area contributed by atoms with Gasteiger partial charge in [-0.2, -0.15) is 0 Å². The maximum Gasteiger partial charge on any atom is 0.126 e. The van der Waals surface area contributed by atoms with E-state index in [2.05, 4.69) is 40.3 Å². The summed E-state index contributed by atoms with van der Waals surface area (Å²) in [6.45, 7) is 4.73. The summed E-state index contributed by atoms with van der Waals surface area (Å²) >= 11 is 5.20. The molecule has 1 N–H and O–H groups in total. The van der Waals surface area contributed by atoms with Crippen LogP contribution in [0.25, 0.3) is 0 Å². The van der Waals surface area contributed by atoms with Crippen molar-refractivity contribution in [3.05, 3.63) is 55.9 Å². The van der Waals surface area contributed by atoms with Crippen LogP contribution in [0.4, 0.5) is 4.39 Å². The van der Waals surface area contributed by atoms with Crippen LogP contribution in [-0.2, 0) is 6.42 Å². The molecule has 2 aromatic rings. The zero-order valence-corrected chi connectivity index (χ0v) is 13.4. The SMILES string of the molecule is CCNC(Cc1ccc(Br)s1)c1ccc(C)c(F)c1. The van der Waals surface area contributed by atoms with Crippen molar-refractivity contribution in [3.8, 4) is 0 Å². The summed E-state index contributed by atoms with van der Waals surface area (Å²) < 4.78 is 14.8. The summed E-state index contributed by atoms with van der Waals surface area (Å²) in [6.07, 6.45) is 0.882. The van der Waals surface area contributed by atoms with Gasteiger partial charge in [-0.1, -0.05) is 19.1 Å². The molecule has 0 amide bonds. The first kappa shape index (κ1) is 14.7. The van der Waals surface area contributed by atoms with E-state index in [-0.39, 0.29) is 11.9 Å². The highest BCUT2D eigenvalue weighted by Crippen LogP contribution is 2.27. The third-order valence-corrected chi connectivity index (χ3v) is 4.73. The predicted molar refractivity (Wildman–Crippen MR) is 83.3 cm³/mol. The molecule has 0 aliphatic rings. The lowest BCUT2D eigenvalue weighted by atomic mass is 10.0. The molecule has 0 bridgehead atoms. The van der Waals surface area contributed by atoms with Gasteiger partial charge in [-0.05, 0) is 58.7 Å². The molecule has 1 nitrogen and oxygen atoms in total. The molecule has 0 aliphatic carbocycles. The maximum atomic E-state index is 13.7. The van der Waals surface area contributed by atoms with Crippen LogP contribution < -0.4 is 5.32 Å². The highest BCUT2D eigenvalue weighted by Gasteiger charge is 2.13. The Balaban J connectivity index is 2.21. The average molecular weight is 342 g/mol. The Kier molecular flexibility index (Phi) is 5.13. The summed E-state index contributed by atoms with van der Waals surface area (Å²) in [5, 5.41) is 3.43. The fraction of sp³-hybridized carbons (Fsp3) is 0.333. The monoisotopic (exact) mass is 341 g/mol. The van der Waals surface area contributed by atoms with E-state index in [4.69, 9.17) is 0 Å². The molecule has 0 saturated heterocycles. The second-order valence-electron chi connectivity index (χ2n) is 4.53. The van der Waals surface area contributed by atoms with Crippen LogP contribution in [0, 0.1) is 12.7 Å². The Morgan fingerprint density at radius 3 is 2.68 bits per heavy atom. The number of nitrogens with one attached hydrogen (secondary N) is 1. The normalized spacial score (nSPS) is 12.6. The maximum absolute atomic E-state index is 13.7. The number of hydrogen-bond acceptors (Lipinski definition) is 2. The lowest BCUT2D eigenvalue weighted by Crippen LogP contribution is -2.22. The molecule has 1 atom stereocenters. The van der Waals surface area contributed by atoms with Crippen molar-refractivity contribution in [1.82, 2.24) is 5.32 Å². The van der Waals surface area contributed by atoms with Crippen LogP contribution in [0.5, 0.6) is 0 Å². The Hall–Kier alpha value is -0.710. The minimum Gasteiger partial charge on any atom is -0.310 e. The molecule has 1 aromatic heterocycles. The third kappa shape index (κ3) is 3.88. The second-order valence-corrected chi connectivity index (χ2v) is 7.08. The highest BCUT2D eigenvalue weighted by atomic mass is 79.9. The van der Waals surface area contributed by atoms with Gasteiger partial charge in [0, 0.05) is 17.3 Å². The van der Waals surface area contributed by atoms with E-state index in [0.29, 0.717) is 5.56 Å². The first-order valence-corrected chi connectivity index (χ1v) is 7.94. The lowest BCUT2D eigenvalue weighted by molar-refractivity contribution is 0.544. The molecular formula is C15H17BrFNS. The Morgan fingerprint density at radius 2 is 2.11 bits per heavy atom. The van der Waals surface area contributed by atoms with Crippen LogP contribution in [0.2, 0.25) is 0 Å². The Labute approximate surface area is 126 Å². The fourth-order valence-electron chi connectivity index (χ4n) is 2.04. The Bertz CT molecular complexity index is 553. The van der Waals surface area contributed by atoms with Gasteiger partial charge in [0.05, 0.1) is 3.79 Å². The number of halogens is 2. The molecule has 102 valence electrons. The molecule has 0 spiro atoms. The Morgan fingerprint density at radius 1 is 1.32 bits per heavy atom. The van der Waals surface area contributed by atoms with E-state index in [1.807, 2.05) is 12.1 Å². The number of benzene rings is 1. The first-order valence-electron chi connectivity index (χ1n) is 6.33. The van der Waals surface area contributed by atoms with Crippen molar-refractivity contribution < 1.29 is 4.39 Å². The summed E-state index contributed by atoms with van der Waals surface area (Å²) in [4.78, 5) is 1.29. The van der Waals surface area contributed by atoms with Crippen molar-refractivity contribution >= 4 is 27.3 Å². The molecule has 1 aromatic carbocycles. The fourth-order valence-corrected chi connectivity index (χ4v) is 3.57. The van der Waals surface area contributed by atoms with Crippen LogP contribution in [-0.4, -0.2) is 6.54 Å². The molecule has 19 heavy (non-hydrogen) atoms. The lowest BCUT2D eigenvalue weighted by Gasteiger charge is -2.18. The summed E-state index contributed by atoms with van der Waals surface area (Å²) in [5.74, 6) is -0.132. The standard InChI is InChI=1S/C15H17BrFNS/c1-3-18-14(9-12-6-7-15(16)19-12)11-5-4-10(2)13(17)8-11/h4-8,14,18H,3,9H2,1-2H3. The second kappa shape index (κ2) is 6.64. The van der Waals surface area contributed by atoms with Gasteiger partial charge < -0.3 is 5.32 Å². The van der Waals surface area contributed by atoms with Gasteiger partial charge in [0.2, 0.25) is 0 Å². The molecule has 1 unspecified atom stereocenters. The van der Waals surface area contributed by atoms with Crippen molar-refractivity contribution in [2.45, 2.75) is 26.3 Å². The highest BCUT2D eigenvalue weighted by molar-refractivity contribution is 9.11. The minimum atomic E-state index is -0.132. The topological polar surface area (TPSA) is 12.0 Å².